The van der Waals surface area contributed by atoms with Gasteiger partial charge in [0, 0.05) is 11.3 Å². The minimum atomic E-state index is -4.32. The van der Waals surface area contributed by atoms with Crippen LogP contribution in [-0.4, -0.2) is 55.2 Å². The van der Waals surface area contributed by atoms with E-state index in [-0.39, 0.29) is 47.3 Å². The number of benzene rings is 1. The van der Waals surface area contributed by atoms with Gasteiger partial charge in [0.15, 0.2) is 6.61 Å². The van der Waals surface area contributed by atoms with E-state index < -0.39 is 36.2 Å². The molecule has 188 valence electrons. The van der Waals surface area contributed by atoms with Crippen molar-refractivity contribution in [2.24, 2.45) is 16.6 Å². The molecule has 0 bridgehead atoms. The van der Waals surface area contributed by atoms with Crippen LogP contribution in [0.3, 0.4) is 0 Å². The summed E-state index contributed by atoms with van der Waals surface area (Å²) in [6.07, 6.45) is -3.31. The van der Waals surface area contributed by atoms with Gasteiger partial charge >= 0.3 is 12.3 Å². The summed E-state index contributed by atoms with van der Waals surface area (Å²) in [5, 5.41) is 2.57. The number of hydrogen-bond donors (Lipinski definition) is 2. The molecule has 0 saturated carbocycles. The molecule has 8 nitrogen and oxygen atoms in total. The van der Waals surface area contributed by atoms with E-state index in [2.05, 4.69) is 20.0 Å². The Labute approximate surface area is 196 Å². The van der Waals surface area contributed by atoms with E-state index >= 15 is 0 Å². The number of alkyl halides is 4. The molecule has 2 aliphatic rings. The number of anilines is 1. The number of aromatic nitrogens is 1. The maximum absolute atomic E-state index is 14.9. The number of carbonyl (C=O) groups excluding carboxylic acids is 1. The van der Waals surface area contributed by atoms with E-state index in [1.54, 1.807) is 6.92 Å². The Balaban J connectivity index is 1.49. The number of nitrogens with zero attached hydrogens (tertiary/aromatic N) is 2. The maximum atomic E-state index is 14.9. The van der Waals surface area contributed by atoms with Crippen molar-refractivity contribution in [2.45, 2.75) is 30.9 Å². The summed E-state index contributed by atoms with van der Waals surface area (Å²) < 4.78 is 80.9. The molecule has 0 aliphatic carbocycles. The average molecular weight is 500 g/mol. The molecule has 1 amide bonds. The highest BCUT2D eigenvalue weighted by Crippen LogP contribution is 2.43. The van der Waals surface area contributed by atoms with Crippen LogP contribution in [0.1, 0.15) is 23.0 Å². The van der Waals surface area contributed by atoms with Crippen molar-refractivity contribution in [3.63, 3.8) is 0 Å². The number of nitrogens with one attached hydrogen (secondary N) is 1. The van der Waals surface area contributed by atoms with Gasteiger partial charge in [-0.3, -0.25) is 4.79 Å². The minimum Gasteiger partial charge on any atom is -0.485 e. The Morgan fingerprint density at radius 3 is 2.77 bits per heavy atom. The van der Waals surface area contributed by atoms with Gasteiger partial charge in [-0.15, -0.1) is 0 Å². The molecule has 1 aromatic heterocycles. The molecule has 0 radical (unpaired) electrons. The third-order valence-corrected chi connectivity index (χ3v) is 5.85. The molecule has 3 atom stereocenters. The highest BCUT2D eigenvalue weighted by molar-refractivity contribution is 6.02. The van der Waals surface area contributed by atoms with Crippen LogP contribution in [0.4, 0.5) is 27.6 Å². The van der Waals surface area contributed by atoms with Crippen molar-refractivity contribution in [2.75, 3.05) is 25.1 Å². The zero-order chi connectivity index (χ0) is 25.4. The first-order valence-electron chi connectivity index (χ1n) is 10.5. The number of amidine groups is 1. The van der Waals surface area contributed by atoms with Gasteiger partial charge in [-0.2, -0.15) is 8.78 Å². The number of aliphatic imine (C=N–C) groups is 1. The van der Waals surface area contributed by atoms with Crippen molar-refractivity contribution < 1.29 is 41.0 Å². The number of fused-ring (bicyclic) bond motifs is 1. The molecule has 3 heterocycles. The van der Waals surface area contributed by atoms with Crippen LogP contribution >= 0.6 is 0 Å². The molecule has 13 heteroatoms. The number of carbonyl (C=O) groups is 1. The van der Waals surface area contributed by atoms with E-state index in [1.807, 2.05) is 0 Å². The molecule has 1 fully saturated rings. The van der Waals surface area contributed by atoms with Gasteiger partial charge in [-0.05, 0) is 37.3 Å². The SMILES string of the molecule is C[C@]1(c2cc(NC(=O)c3ccc(OCC(F)(F)C(F)F)cn3)ccc2F)N=C(N)O[C@@H]2COC[C@@H]21. The maximum Gasteiger partial charge on any atom is 0.340 e. The summed E-state index contributed by atoms with van der Waals surface area (Å²) in [7, 11) is 0. The van der Waals surface area contributed by atoms with E-state index in [0.717, 1.165) is 12.3 Å². The van der Waals surface area contributed by atoms with Crippen LogP contribution in [0, 0.1) is 11.7 Å². The smallest absolute Gasteiger partial charge is 0.340 e. The van der Waals surface area contributed by atoms with Crippen molar-refractivity contribution in [3.05, 3.63) is 53.6 Å². The molecule has 0 unspecified atom stereocenters. The van der Waals surface area contributed by atoms with Crippen LogP contribution in [0.2, 0.25) is 0 Å². The Bertz CT molecular complexity index is 1130. The summed E-state index contributed by atoms with van der Waals surface area (Å²) in [5.41, 5.74) is 5.00. The molecule has 0 spiro atoms. The van der Waals surface area contributed by atoms with Crippen molar-refractivity contribution in [1.82, 2.24) is 4.98 Å². The number of rotatable bonds is 7. The summed E-state index contributed by atoms with van der Waals surface area (Å²) in [6.45, 7) is 0.742. The fraction of sp³-hybridized carbons (Fsp3) is 0.409. The summed E-state index contributed by atoms with van der Waals surface area (Å²) in [6, 6.07) is 6.16. The molecule has 1 saturated heterocycles. The zero-order valence-corrected chi connectivity index (χ0v) is 18.3. The Hall–Kier alpha value is -3.48. The van der Waals surface area contributed by atoms with Crippen LogP contribution in [0.5, 0.6) is 5.75 Å². The van der Waals surface area contributed by atoms with Gasteiger partial charge < -0.3 is 25.3 Å². The molecule has 4 rings (SSSR count). The number of halogens is 5. The van der Waals surface area contributed by atoms with Gasteiger partial charge in [0.2, 0.25) is 0 Å². The number of ether oxygens (including phenoxy) is 3. The molecule has 3 N–H and O–H groups in total. The lowest BCUT2D eigenvalue weighted by atomic mass is 9.77. The highest BCUT2D eigenvalue weighted by Gasteiger charge is 2.50. The lowest BCUT2D eigenvalue weighted by Gasteiger charge is -2.38. The molecule has 2 aromatic rings. The average Bonchev–Trinajstić information content (AvgIpc) is 3.28. The number of amides is 1. The van der Waals surface area contributed by atoms with Gasteiger partial charge in [0.25, 0.3) is 11.9 Å². The Kier molecular flexibility index (Phi) is 6.54. The van der Waals surface area contributed by atoms with Crippen LogP contribution in [-0.2, 0) is 15.0 Å². The summed E-state index contributed by atoms with van der Waals surface area (Å²) in [4.78, 5) is 20.7. The van der Waals surface area contributed by atoms with Crippen molar-refractivity contribution in [1.29, 1.82) is 0 Å². The largest absolute Gasteiger partial charge is 0.485 e. The molecule has 1 aromatic carbocycles. The topological polar surface area (TPSA) is 108 Å². The number of hydrogen-bond acceptors (Lipinski definition) is 7. The van der Waals surface area contributed by atoms with E-state index in [4.69, 9.17) is 15.2 Å². The van der Waals surface area contributed by atoms with E-state index in [9.17, 15) is 26.7 Å². The zero-order valence-electron chi connectivity index (χ0n) is 18.3. The summed E-state index contributed by atoms with van der Waals surface area (Å²) in [5.74, 6) is -6.09. The summed E-state index contributed by atoms with van der Waals surface area (Å²) >= 11 is 0. The molecule has 2 aliphatic heterocycles. The quantitative estimate of drug-likeness (QED) is 0.565. The second-order valence-corrected chi connectivity index (χ2v) is 8.28. The fourth-order valence-corrected chi connectivity index (χ4v) is 3.96. The van der Waals surface area contributed by atoms with E-state index in [0.29, 0.717) is 6.61 Å². The second-order valence-electron chi connectivity index (χ2n) is 8.28. The van der Waals surface area contributed by atoms with Gasteiger partial charge in [0.05, 0.1) is 30.9 Å². The first-order valence-corrected chi connectivity index (χ1v) is 10.5. The lowest BCUT2D eigenvalue weighted by Crippen LogP contribution is -2.47. The predicted octanol–water partition coefficient (Wildman–Crippen LogP) is 3.33. The van der Waals surface area contributed by atoms with Crippen molar-refractivity contribution >= 4 is 17.6 Å². The Morgan fingerprint density at radius 2 is 2.09 bits per heavy atom. The first kappa shape index (κ1) is 24.6. The highest BCUT2D eigenvalue weighted by atomic mass is 19.3. The van der Waals surface area contributed by atoms with Crippen LogP contribution < -0.4 is 15.8 Å². The lowest BCUT2D eigenvalue weighted by molar-refractivity contribution is -0.148. The predicted molar refractivity (Wildman–Crippen MR) is 113 cm³/mol. The number of pyridine rings is 1. The monoisotopic (exact) mass is 500 g/mol. The first-order chi connectivity index (χ1) is 16.5. The molecular weight excluding hydrogens is 479 g/mol. The fourth-order valence-electron chi connectivity index (χ4n) is 3.96. The number of nitrogens with two attached hydrogens (primary N) is 1. The van der Waals surface area contributed by atoms with Crippen LogP contribution in [0.15, 0.2) is 41.5 Å². The van der Waals surface area contributed by atoms with Gasteiger partial charge in [-0.1, -0.05) is 0 Å². The third-order valence-electron chi connectivity index (χ3n) is 5.85. The molecular formula is C22H21F5N4O4. The third kappa shape index (κ3) is 4.99. The standard InChI is InChI=1S/C22H21F5N4O4/c1-21(14-8-33-9-17(14)35-20(28)31-21)13-6-11(2-4-15(13)23)30-18(32)16-5-3-12(7-29-16)34-10-22(26,27)19(24)25/h2-7,14,17,19H,8-10H2,1H3,(H2,28,31)(H,30,32)/t14-,17+,21+/m0/s1. The van der Waals surface area contributed by atoms with Crippen molar-refractivity contribution in [3.8, 4) is 5.75 Å². The minimum absolute atomic E-state index is 0.0918. The normalized spacial score (nSPS) is 23.9. The van der Waals surface area contributed by atoms with Gasteiger partial charge in [-0.25, -0.2) is 23.1 Å². The Morgan fingerprint density at radius 1 is 1.31 bits per heavy atom. The van der Waals surface area contributed by atoms with E-state index in [1.165, 1.54) is 24.3 Å². The molecule has 35 heavy (non-hydrogen) atoms. The van der Waals surface area contributed by atoms with Crippen LogP contribution in [0.25, 0.3) is 0 Å². The van der Waals surface area contributed by atoms with Gasteiger partial charge in [0.1, 0.15) is 23.4 Å². The second kappa shape index (κ2) is 9.29.